The Morgan fingerprint density at radius 2 is 1.65 bits per heavy atom. The van der Waals surface area contributed by atoms with Crippen molar-refractivity contribution in [2.24, 2.45) is 0 Å². The molecule has 1 amide bonds. The summed E-state index contributed by atoms with van der Waals surface area (Å²) in [4.78, 5) is 25.2. The molecule has 2 heterocycles. The van der Waals surface area contributed by atoms with Crippen molar-refractivity contribution >= 4 is 28.6 Å². The molecule has 0 bridgehead atoms. The zero-order valence-corrected chi connectivity index (χ0v) is 17.5. The number of nitrogens with zero attached hydrogens (tertiary/aromatic N) is 2. The van der Waals surface area contributed by atoms with Crippen molar-refractivity contribution in [1.82, 2.24) is 9.13 Å². The van der Waals surface area contributed by atoms with Gasteiger partial charge in [0.1, 0.15) is 18.1 Å². The molecule has 2 aromatic heterocycles. The zero-order chi connectivity index (χ0) is 22.1. The standard InChI is InChI=1S/C24H22FN3O3/c1-15-10-16(2)12-18(11-15)26-23(29)14-28-20-8-9-27(19-6-4-17(25)5-7-19)21(20)13-22(28)24(30)31-3/h4-13H,14H2,1-3H3,(H,26,29). The number of esters is 1. The maximum absolute atomic E-state index is 13.3. The summed E-state index contributed by atoms with van der Waals surface area (Å²) >= 11 is 0. The van der Waals surface area contributed by atoms with E-state index in [1.54, 1.807) is 22.8 Å². The van der Waals surface area contributed by atoms with E-state index >= 15 is 0 Å². The number of carbonyl (C=O) groups is 2. The fourth-order valence-corrected chi connectivity index (χ4v) is 3.80. The fourth-order valence-electron chi connectivity index (χ4n) is 3.80. The first kappa shape index (κ1) is 20.4. The van der Waals surface area contributed by atoms with Gasteiger partial charge in [0, 0.05) is 17.6 Å². The summed E-state index contributed by atoms with van der Waals surface area (Å²) in [5, 5.41) is 2.90. The average molecular weight is 419 g/mol. The molecule has 31 heavy (non-hydrogen) atoms. The quantitative estimate of drug-likeness (QED) is 0.481. The summed E-state index contributed by atoms with van der Waals surface area (Å²) in [7, 11) is 1.30. The first-order chi connectivity index (χ1) is 14.9. The van der Waals surface area contributed by atoms with Crippen LogP contribution in [0, 0.1) is 19.7 Å². The molecule has 7 heteroatoms. The third-order valence-corrected chi connectivity index (χ3v) is 5.06. The normalized spacial score (nSPS) is 11.0. The largest absolute Gasteiger partial charge is 0.464 e. The van der Waals surface area contributed by atoms with Crippen molar-refractivity contribution in [1.29, 1.82) is 0 Å². The van der Waals surface area contributed by atoms with E-state index in [0.29, 0.717) is 16.7 Å². The summed E-state index contributed by atoms with van der Waals surface area (Å²) in [5.41, 5.74) is 5.21. The highest BCUT2D eigenvalue weighted by molar-refractivity contribution is 5.98. The van der Waals surface area contributed by atoms with Crippen LogP contribution in [-0.2, 0) is 16.1 Å². The van der Waals surface area contributed by atoms with Gasteiger partial charge in [-0.2, -0.15) is 0 Å². The van der Waals surface area contributed by atoms with Gasteiger partial charge in [-0.25, -0.2) is 9.18 Å². The maximum Gasteiger partial charge on any atom is 0.354 e. The molecule has 2 aromatic carbocycles. The second kappa shape index (κ2) is 8.10. The minimum Gasteiger partial charge on any atom is -0.464 e. The number of methoxy groups -OCH3 is 1. The smallest absolute Gasteiger partial charge is 0.354 e. The minimum atomic E-state index is -0.541. The van der Waals surface area contributed by atoms with Crippen molar-refractivity contribution in [2.45, 2.75) is 20.4 Å². The summed E-state index contributed by atoms with van der Waals surface area (Å²) < 4.78 is 21.7. The van der Waals surface area contributed by atoms with Crippen LogP contribution in [0.3, 0.4) is 0 Å². The highest BCUT2D eigenvalue weighted by Gasteiger charge is 2.21. The molecule has 4 aromatic rings. The fraction of sp³-hybridized carbons (Fsp3) is 0.167. The van der Waals surface area contributed by atoms with Crippen molar-refractivity contribution in [3.05, 3.63) is 83.4 Å². The Balaban J connectivity index is 1.71. The summed E-state index contributed by atoms with van der Waals surface area (Å²) in [5.74, 6) is -1.13. The molecule has 0 aliphatic rings. The lowest BCUT2D eigenvalue weighted by atomic mass is 10.1. The molecule has 0 saturated carbocycles. The molecule has 6 nitrogen and oxygen atoms in total. The number of carbonyl (C=O) groups excluding carboxylic acids is 2. The predicted molar refractivity (Wildman–Crippen MR) is 117 cm³/mol. The lowest BCUT2D eigenvalue weighted by molar-refractivity contribution is -0.116. The van der Waals surface area contributed by atoms with Crippen LogP contribution in [-0.4, -0.2) is 28.1 Å². The van der Waals surface area contributed by atoms with Crippen molar-refractivity contribution < 1.29 is 18.7 Å². The lowest BCUT2D eigenvalue weighted by Gasteiger charge is -2.11. The van der Waals surface area contributed by atoms with Gasteiger partial charge in [-0.3, -0.25) is 4.79 Å². The van der Waals surface area contributed by atoms with Gasteiger partial charge in [0.05, 0.1) is 18.1 Å². The van der Waals surface area contributed by atoms with E-state index in [9.17, 15) is 14.0 Å². The van der Waals surface area contributed by atoms with E-state index < -0.39 is 5.97 Å². The number of aromatic nitrogens is 2. The van der Waals surface area contributed by atoms with Gasteiger partial charge in [0.25, 0.3) is 0 Å². The highest BCUT2D eigenvalue weighted by Crippen LogP contribution is 2.26. The van der Waals surface area contributed by atoms with Crippen LogP contribution in [0.4, 0.5) is 10.1 Å². The Kier molecular flexibility index (Phi) is 5.33. The Morgan fingerprint density at radius 3 is 2.29 bits per heavy atom. The van der Waals surface area contributed by atoms with Crippen LogP contribution >= 0.6 is 0 Å². The first-order valence-electron chi connectivity index (χ1n) is 9.78. The molecular formula is C24H22FN3O3. The Morgan fingerprint density at radius 1 is 0.968 bits per heavy atom. The minimum absolute atomic E-state index is 0.0612. The summed E-state index contributed by atoms with van der Waals surface area (Å²) in [6.45, 7) is 3.87. The van der Waals surface area contributed by atoms with Crippen LogP contribution in [0.25, 0.3) is 16.7 Å². The van der Waals surface area contributed by atoms with E-state index in [2.05, 4.69) is 5.32 Å². The van der Waals surface area contributed by atoms with E-state index in [1.165, 1.54) is 19.2 Å². The number of hydrogen-bond donors (Lipinski definition) is 1. The monoisotopic (exact) mass is 419 g/mol. The molecular weight excluding hydrogens is 397 g/mol. The zero-order valence-electron chi connectivity index (χ0n) is 17.5. The van der Waals surface area contributed by atoms with E-state index in [0.717, 1.165) is 16.8 Å². The van der Waals surface area contributed by atoms with Crippen LogP contribution in [0.15, 0.2) is 60.8 Å². The van der Waals surface area contributed by atoms with Crippen molar-refractivity contribution in [3.63, 3.8) is 0 Å². The number of anilines is 1. The molecule has 4 rings (SSSR count). The maximum atomic E-state index is 13.3. The molecule has 158 valence electrons. The molecule has 0 fully saturated rings. The number of fused-ring (bicyclic) bond motifs is 1. The number of aryl methyl sites for hydroxylation is 2. The topological polar surface area (TPSA) is 65.3 Å². The number of halogens is 1. The molecule has 0 aliphatic heterocycles. The van der Waals surface area contributed by atoms with Gasteiger partial charge in [0.2, 0.25) is 5.91 Å². The Bertz CT molecular complexity index is 1270. The van der Waals surface area contributed by atoms with Gasteiger partial charge < -0.3 is 19.2 Å². The number of rotatable bonds is 5. The van der Waals surface area contributed by atoms with E-state index in [1.807, 2.05) is 48.9 Å². The first-order valence-corrected chi connectivity index (χ1v) is 9.78. The van der Waals surface area contributed by atoms with Crippen molar-refractivity contribution in [3.8, 4) is 5.69 Å². The third-order valence-electron chi connectivity index (χ3n) is 5.06. The highest BCUT2D eigenvalue weighted by atomic mass is 19.1. The van der Waals surface area contributed by atoms with Crippen LogP contribution in [0.5, 0.6) is 0 Å². The Labute approximate surface area is 178 Å². The molecule has 0 atom stereocenters. The second-order valence-electron chi connectivity index (χ2n) is 7.46. The number of ether oxygens (including phenoxy) is 1. The average Bonchev–Trinajstić information content (AvgIpc) is 3.27. The van der Waals surface area contributed by atoms with Crippen molar-refractivity contribution in [2.75, 3.05) is 12.4 Å². The third kappa shape index (κ3) is 4.07. The predicted octanol–water partition coefficient (Wildman–Crippen LogP) is 4.61. The van der Waals surface area contributed by atoms with Gasteiger partial charge in [-0.15, -0.1) is 0 Å². The van der Waals surface area contributed by atoms with Gasteiger partial charge in [0.15, 0.2) is 0 Å². The molecule has 0 radical (unpaired) electrons. The molecule has 1 N–H and O–H groups in total. The molecule has 0 unspecified atom stereocenters. The number of hydrogen-bond acceptors (Lipinski definition) is 3. The molecule has 0 aliphatic carbocycles. The van der Waals surface area contributed by atoms with Gasteiger partial charge in [-0.05, 0) is 73.5 Å². The SMILES string of the molecule is COC(=O)c1cc2c(ccn2-c2ccc(F)cc2)n1CC(=O)Nc1cc(C)cc(C)c1. The van der Waals surface area contributed by atoms with Gasteiger partial charge in [-0.1, -0.05) is 6.07 Å². The van der Waals surface area contributed by atoms with E-state index in [-0.39, 0.29) is 24.0 Å². The van der Waals surface area contributed by atoms with Crippen LogP contribution in [0.2, 0.25) is 0 Å². The van der Waals surface area contributed by atoms with Gasteiger partial charge >= 0.3 is 5.97 Å². The van der Waals surface area contributed by atoms with Crippen LogP contribution < -0.4 is 5.32 Å². The number of amides is 1. The summed E-state index contributed by atoms with van der Waals surface area (Å²) in [6.07, 6.45) is 1.82. The molecule has 0 spiro atoms. The molecule has 0 saturated heterocycles. The van der Waals surface area contributed by atoms with E-state index in [4.69, 9.17) is 4.74 Å². The number of benzene rings is 2. The van der Waals surface area contributed by atoms with Crippen LogP contribution in [0.1, 0.15) is 21.6 Å². The number of nitrogens with one attached hydrogen (secondary N) is 1. The summed E-state index contributed by atoms with van der Waals surface area (Å²) in [6, 6.07) is 15.3. The second-order valence-corrected chi connectivity index (χ2v) is 7.46. The Hall–Kier alpha value is -3.87. The lowest BCUT2D eigenvalue weighted by Crippen LogP contribution is -2.21.